The maximum Gasteiger partial charge on any atom is 0.417 e. The van der Waals surface area contributed by atoms with Gasteiger partial charge in [0.05, 0.1) is 0 Å². The van der Waals surface area contributed by atoms with E-state index in [2.05, 4.69) is 16.0 Å². The van der Waals surface area contributed by atoms with E-state index >= 15 is 0 Å². The van der Waals surface area contributed by atoms with Crippen LogP contribution in [0, 0.1) is 0 Å². The van der Waals surface area contributed by atoms with Gasteiger partial charge in [0.25, 0.3) is 0 Å². The molecule has 0 aromatic rings. The van der Waals surface area contributed by atoms with Crippen LogP contribution in [0.2, 0.25) is 0 Å². The third kappa shape index (κ3) is 17.0. The lowest BCUT2D eigenvalue weighted by molar-refractivity contribution is -0.127. The Bertz CT molecular complexity index is 788. The van der Waals surface area contributed by atoms with Gasteiger partial charge in [-0.25, -0.2) is 22.9 Å². The van der Waals surface area contributed by atoms with E-state index < -0.39 is 29.6 Å². The van der Waals surface area contributed by atoms with Crippen molar-refractivity contribution in [2.24, 2.45) is 0 Å². The molecule has 2 fully saturated rings. The molecule has 206 valence electrons. The highest BCUT2D eigenvalue weighted by Gasteiger charge is 2.36. The molecule has 0 radical (unpaired) electrons. The second kappa shape index (κ2) is 18.1. The van der Waals surface area contributed by atoms with E-state index in [1.165, 1.54) is 4.90 Å². The van der Waals surface area contributed by atoms with Crippen LogP contribution in [0.5, 0.6) is 0 Å². The lowest BCUT2D eigenvalue weighted by atomic mass is 10.2. The maximum absolute atomic E-state index is 11.7. The van der Waals surface area contributed by atoms with Crippen molar-refractivity contribution in [3.8, 4) is 0 Å². The van der Waals surface area contributed by atoms with Crippen molar-refractivity contribution in [1.82, 2.24) is 9.80 Å². The van der Waals surface area contributed by atoms with E-state index in [-0.39, 0.29) is 39.2 Å². The Kier molecular flexibility index (Phi) is 17.5. The van der Waals surface area contributed by atoms with E-state index in [1.54, 1.807) is 41.5 Å². The standard InChI is InChI=1S/C10H19NO3.C10H17NO3.CH4.2HOPS/c2*1-7-5-6-8(12)11(7)9(13)14-10(2,3)4;;2*1-3-2/h7-8,12H,5-6H2,1-4H3;7H,5-6H2,1-4H3;1H4;2*2H/t7-,8?;7-;;;/m11.../s1/i2*1T;;;. The summed E-state index contributed by atoms with van der Waals surface area (Å²) in [5, 5.41) is 9.60. The number of carbonyl (C=O) groups is 3. The topological polar surface area (TPSA) is 131 Å². The third-order valence-corrected chi connectivity index (χ3v) is 3.99. The van der Waals surface area contributed by atoms with E-state index in [9.17, 15) is 19.5 Å². The first-order valence-corrected chi connectivity index (χ1v) is 14.2. The summed E-state index contributed by atoms with van der Waals surface area (Å²) in [7, 11) is 5.70. The van der Waals surface area contributed by atoms with Crippen molar-refractivity contribution >= 4 is 55.8 Å². The van der Waals surface area contributed by atoms with Crippen molar-refractivity contribution in [2.45, 2.75) is 118 Å². The number of amides is 3. The molecule has 3 amide bonds. The zero-order chi connectivity index (χ0) is 28.7. The van der Waals surface area contributed by atoms with E-state index in [0.717, 1.165) is 4.90 Å². The fourth-order valence-electron chi connectivity index (χ4n) is 2.75. The minimum atomic E-state index is -0.796. The SMILES string of the molecule is C.O=S=P.O=S=P.[3H]C[C@@H]1CCC(=O)N1C(=O)OC(C)(C)C.[3H]C[C@@H]1CCC(O)N1C(=O)OC(C)(C)C. The van der Waals surface area contributed by atoms with Gasteiger partial charge in [-0.05, 0) is 90.6 Å². The lowest BCUT2D eigenvalue weighted by Crippen LogP contribution is -2.43. The Labute approximate surface area is 223 Å². The van der Waals surface area contributed by atoms with Crippen LogP contribution in [0.25, 0.3) is 0 Å². The van der Waals surface area contributed by atoms with Gasteiger partial charge in [-0.1, -0.05) is 7.43 Å². The summed E-state index contributed by atoms with van der Waals surface area (Å²) in [5.74, 6) is -0.235. The third-order valence-electron chi connectivity index (χ3n) is 3.99. The first-order valence-electron chi connectivity index (χ1n) is 11.7. The number of imide groups is 1. The van der Waals surface area contributed by atoms with Crippen LogP contribution in [0.1, 0.15) is 91.2 Å². The number of ether oxygens (including phenoxy) is 2. The largest absolute Gasteiger partial charge is 0.444 e. The van der Waals surface area contributed by atoms with Crippen LogP contribution in [0.15, 0.2) is 0 Å². The van der Waals surface area contributed by atoms with Gasteiger partial charge in [0.1, 0.15) is 39.1 Å². The number of nitrogens with zero attached hydrogens (tertiary/aromatic N) is 2. The number of likely N-dealkylation sites (tertiary alicyclic amines) is 2. The fourth-order valence-corrected chi connectivity index (χ4v) is 2.75. The molecular formula is C21H42N2O8P2S2. The van der Waals surface area contributed by atoms with Gasteiger partial charge in [-0.3, -0.25) is 9.69 Å². The van der Waals surface area contributed by atoms with Crippen molar-refractivity contribution in [2.75, 3.05) is 0 Å². The van der Waals surface area contributed by atoms with Gasteiger partial charge in [0.2, 0.25) is 5.91 Å². The zero-order valence-corrected chi connectivity index (χ0v) is 24.1. The molecule has 35 heavy (non-hydrogen) atoms. The predicted octanol–water partition coefficient (Wildman–Crippen LogP) is 4.81. The van der Waals surface area contributed by atoms with Crippen LogP contribution in [-0.4, -0.2) is 70.9 Å². The van der Waals surface area contributed by atoms with Crippen molar-refractivity contribution in [3.05, 3.63) is 0 Å². The van der Waals surface area contributed by atoms with Crippen LogP contribution in [-0.2, 0) is 36.0 Å². The fraction of sp³-hybridized carbons (Fsp3) is 0.857. The molecule has 0 aromatic heterocycles. The Balaban J connectivity index is -0.000000504. The normalized spacial score (nSPS) is 21.7. The summed E-state index contributed by atoms with van der Waals surface area (Å²) in [5.41, 5.74) is -1.17. The first kappa shape index (κ1) is 33.8. The first-order chi connectivity index (χ1) is 16.5. The van der Waals surface area contributed by atoms with Gasteiger partial charge >= 0.3 is 12.2 Å². The van der Waals surface area contributed by atoms with Gasteiger partial charge in [0.15, 0.2) is 0 Å². The summed E-state index contributed by atoms with van der Waals surface area (Å²) >= 11 is 0. The summed E-state index contributed by atoms with van der Waals surface area (Å²) in [4.78, 5) is 37.1. The number of hydrogen-bond acceptors (Lipinski definition) is 8. The molecule has 1 unspecified atom stereocenters. The molecule has 0 aliphatic carbocycles. The zero-order valence-electron chi connectivity index (χ0n) is 22.5. The second-order valence-corrected chi connectivity index (χ2v) is 10.5. The highest BCUT2D eigenvalue weighted by Crippen LogP contribution is 2.24. The molecule has 0 spiro atoms. The van der Waals surface area contributed by atoms with E-state index in [0.29, 0.717) is 47.4 Å². The maximum atomic E-state index is 11.7. The smallest absolute Gasteiger partial charge is 0.417 e. The lowest BCUT2D eigenvalue weighted by Gasteiger charge is -2.28. The van der Waals surface area contributed by atoms with Gasteiger partial charge in [0, 0.05) is 21.2 Å². The van der Waals surface area contributed by atoms with Crippen LogP contribution in [0.4, 0.5) is 9.59 Å². The number of aliphatic hydroxyl groups excluding tert-OH is 1. The minimum absolute atomic E-state index is 0. The van der Waals surface area contributed by atoms with Crippen molar-refractivity contribution in [3.63, 3.8) is 0 Å². The van der Waals surface area contributed by atoms with Crippen molar-refractivity contribution in [1.29, 1.82) is 0 Å². The van der Waals surface area contributed by atoms with Gasteiger partial charge in [-0.2, -0.15) is 0 Å². The molecule has 2 aliphatic heterocycles. The number of rotatable bonds is 0. The molecule has 0 bridgehead atoms. The van der Waals surface area contributed by atoms with Crippen LogP contribution < -0.4 is 0 Å². The summed E-state index contributed by atoms with van der Waals surface area (Å²) < 4.78 is 42.3. The van der Waals surface area contributed by atoms with Gasteiger partial charge < -0.3 is 14.6 Å². The molecule has 0 saturated carbocycles. The molecule has 3 atom stereocenters. The average Bonchev–Trinajstić information content (AvgIpc) is 3.29. The Morgan fingerprint density at radius 2 is 1.37 bits per heavy atom. The monoisotopic (exact) mass is 580 g/mol. The highest BCUT2D eigenvalue weighted by molar-refractivity contribution is 7.93. The summed E-state index contributed by atoms with van der Waals surface area (Å²) in [6, 6.07) is -0.526. The molecule has 0 aromatic carbocycles. The van der Waals surface area contributed by atoms with E-state index in [1.807, 2.05) is 0 Å². The molecule has 14 heteroatoms. The summed E-state index contributed by atoms with van der Waals surface area (Å²) in [6.07, 6.45) is 0.166. The molecule has 2 aliphatic rings. The predicted molar refractivity (Wildman–Crippen MR) is 144 cm³/mol. The molecule has 2 rings (SSSR count). The Hall–Kier alpha value is -1.19. The van der Waals surface area contributed by atoms with Crippen LogP contribution >= 0.6 is 16.0 Å². The molecular weight excluding hydrogens is 534 g/mol. The molecule has 10 nitrogen and oxygen atoms in total. The second-order valence-electron chi connectivity index (χ2n) is 9.20. The number of aliphatic hydroxyl groups is 1. The minimum Gasteiger partial charge on any atom is -0.444 e. The quantitative estimate of drug-likeness (QED) is 0.404. The highest BCUT2D eigenvalue weighted by atomic mass is 32.4. The average molecular weight is 581 g/mol. The van der Waals surface area contributed by atoms with Gasteiger partial charge in [-0.15, -0.1) is 0 Å². The molecule has 2 heterocycles. The molecule has 1 N–H and O–H groups in total. The Morgan fingerprint density at radius 3 is 1.77 bits per heavy atom. The number of hydrogen-bond donors (Lipinski definition) is 1. The van der Waals surface area contributed by atoms with E-state index in [4.69, 9.17) is 20.6 Å². The Morgan fingerprint density at radius 1 is 0.943 bits per heavy atom. The van der Waals surface area contributed by atoms with Crippen LogP contribution in [0.3, 0.4) is 0 Å². The molecule has 2 saturated heterocycles. The summed E-state index contributed by atoms with van der Waals surface area (Å²) in [6.45, 7) is 10.7. The number of carbonyl (C=O) groups excluding carboxylic acids is 3. The van der Waals surface area contributed by atoms with Crippen molar-refractivity contribution < 1.29 is 40.1 Å².